The topological polar surface area (TPSA) is 35.2 Å². The standard InChI is InChI=1S/C14H11ClFNOS/c1-8-2-5-13(10(6-8)14(17)19)18-9-3-4-11(15)12(16)7-9/h2-7H,1H3,(H2,17,19). The van der Waals surface area contributed by atoms with Crippen molar-refractivity contribution in [2.75, 3.05) is 0 Å². The van der Waals surface area contributed by atoms with Crippen LogP contribution >= 0.6 is 23.8 Å². The van der Waals surface area contributed by atoms with Crippen LogP contribution in [0, 0.1) is 12.7 Å². The van der Waals surface area contributed by atoms with Crippen molar-refractivity contribution < 1.29 is 9.13 Å². The van der Waals surface area contributed by atoms with Crippen LogP contribution in [0.1, 0.15) is 11.1 Å². The third-order valence-electron chi connectivity index (χ3n) is 2.52. The first-order valence-electron chi connectivity index (χ1n) is 5.51. The largest absolute Gasteiger partial charge is 0.457 e. The molecular formula is C14H11ClFNOS. The SMILES string of the molecule is Cc1ccc(Oc2ccc(Cl)c(F)c2)c(C(N)=S)c1. The van der Waals surface area contributed by atoms with Crippen LogP contribution < -0.4 is 10.5 Å². The van der Waals surface area contributed by atoms with Crippen molar-refractivity contribution in [3.8, 4) is 11.5 Å². The first kappa shape index (κ1) is 13.8. The van der Waals surface area contributed by atoms with Crippen LogP contribution in [0.15, 0.2) is 36.4 Å². The van der Waals surface area contributed by atoms with Gasteiger partial charge < -0.3 is 10.5 Å². The van der Waals surface area contributed by atoms with Crippen LogP contribution in [0.2, 0.25) is 5.02 Å². The average Bonchev–Trinajstić information content (AvgIpc) is 2.36. The Morgan fingerprint density at radius 3 is 2.63 bits per heavy atom. The summed E-state index contributed by atoms with van der Waals surface area (Å²) < 4.78 is 18.9. The molecule has 0 amide bonds. The maximum absolute atomic E-state index is 13.3. The van der Waals surface area contributed by atoms with Crippen LogP contribution in [0.5, 0.6) is 11.5 Å². The van der Waals surface area contributed by atoms with Crippen molar-refractivity contribution in [1.82, 2.24) is 0 Å². The predicted octanol–water partition coefficient (Wildman–Crippen LogP) is 4.21. The fourth-order valence-corrected chi connectivity index (χ4v) is 1.87. The lowest BCUT2D eigenvalue weighted by atomic mass is 10.1. The highest BCUT2D eigenvalue weighted by Gasteiger charge is 2.09. The minimum absolute atomic E-state index is 0.0471. The molecule has 0 spiro atoms. The van der Waals surface area contributed by atoms with Gasteiger partial charge in [0, 0.05) is 6.07 Å². The van der Waals surface area contributed by atoms with Gasteiger partial charge in [0.05, 0.1) is 10.6 Å². The Labute approximate surface area is 120 Å². The van der Waals surface area contributed by atoms with Gasteiger partial charge in [-0.3, -0.25) is 0 Å². The van der Waals surface area contributed by atoms with Crippen LogP contribution in [0.3, 0.4) is 0 Å². The van der Waals surface area contributed by atoms with Gasteiger partial charge in [-0.25, -0.2) is 4.39 Å². The summed E-state index contributed by atoms with van der Waals surface area (Å²) in [6.07, 6.45) is 0. The predicted molar refractivity (Wildman–Crippen MR) is 78.6 cm³/mol. The highest BCUT2D eigenvalue weighted by Crippen LogP contribution is 2.28. The number of rotatable bonds is 3. The molecule has 0 aromatic heterocycles. The van der Waals surface area contributed by atoms with Crippen molar-refractivity contribution in [2.24, 2.45) is 5.73 Å². The molecule has 2 N–H and O–H groups in total. The summed E-state index contributed by atoms with van der Waals surface area (Å²) in [5.41, 5.74) is 7.27. The Morgan fingerprint density at radius 2 is 2.00 bits per heavy atom. The zero-order valence-electron chi connectivity index (χ0n) is 10.1. The van der Waals surface area contributed by atoms with Crippen LogP contribution in [0.25, 0.3) is 0 Å². The zero-order chi connectivity index (χ0) is 14.0. The molecule has 2 aromatic rings. The Hall–Kier alpha value is -1.65. The third kappa shape index (κ3) is 3.22. The van der Waals surface area contributed by atoms with E-state index in [9.17, 15) is 4.39 Å². The molecule has 0 atom stereocenters. The van der Waals surface area contributed by atoms with Crippen molar-refractivity contribution in [2.45, 2.75) is 6.92 Å². The molecule has 0 heterocycles. The lowest BCUT2D eigenvalue weighted by Gasteiger charge is -2.11. The van der Waals surface area contributed by atoms with E-state index in [1.165, 1.54) is 12.1 Å². The van der Waals surface area contributed by atoms with Gasteiger partial charge in [0.25, 0.3) is 0 Å². The first-order valence-corrected chi connectivity index (χ1v) is 6.29. The lowest BCUT2D eigenvalue weighted by Crippen LogP contribution is -2.11. The molecule has 98 valence electrons. The number of ether oxygens (including phenoxy) is 1. The second-order valence-corrected chi connectivity index (χ2v) is 4.89. The van der Waals surface area contributed by atoms with Gasteiger partial charge >= 0.3 is 0 Å². The fraction of sp³-hybridized carbons (Fsp3) is 0.0714. The van der Waals surface area contributed by atoms with Crippen molar-refractivity contribution in [1.29, 1.82) is 0 Å². The normalized spacial score (nSPS) is 10.3. The van der Waals surface area contributed by atoms with Gasteiger partial charge in [-0.1, -0.05) is 35.4 Å². The van der Waals surface area contributed by atoms with Crippen LogP contribution in [-0.2, 0) is 0 Å². The molecule has 0 saturated carbocycles. The summed E-state index contributed by atoms with van der Waals surface area (Å²) in [6, 6.07) is 9.66. The number of hydrogen-bond donors (Lipinski definition) is 1. The molecule has 0 aliphatic heterocycles. The van der Waals surface area contributed by atoms with E-state index in [-0.39, 0.29) is 10.0 Å². The van der Waals surface area contributed by atoms with Crippen molar-refractivity contribution in [3.05, 3.63) is 58.4 Å². The lowest BCUT2D eigenvalue weighted by molar-refractivity contribution is 0.476. The molecule has 2 aromatic carbocycles. The molecule has 19 heavy (non-hydrogen) atoms. The van der Waals surface area contributed by atoms with Crippen LogP contribution in [-0.4, -0.2) is 4.99 Å². The Bertz CT molecular complexity index is 645. The van der Waals surface area contributed by atoms with Gasteiger partial charge in [0.1, 0.15) is 22.3 Å². The monoisotopic (exact) mass is 295 g/mol. The summed E-state index contributed by atoms with van der Waals surface area (Å²) in [5, 5.41) is 0.0471. The molecule has 0 fully saturated rings. The van der Waals surface area contributed by atoms with Crippen molar-refractivity contribution >= 4 is 28.8 Å². The smallest absolute Gasteiger partial charge is 0.145 e. The van der Waals surface area contributed by atoms with E-state index in [0.717, 1.165) is 5.56 Å². The number of hydrogen-bond acceptors (Lipinski definition) is 2. The van der Waals surface area contributed by atoms with E-state index in [0.29, 0.717) is 17.1 Å². The van der Waals surface area contributed by atoms with Crippen LogP contribution in [0.4, 0.5) is 4.39 Å². The molecule has 5 heteroatoms. The van der Waals surface area contributed by atoms with Gasteiger partial charge in [0.2, 0.25) is 0 Å². The number of benzene rings is 2. The molecule has 0 saturated heterocycles. The average molecular weight is 296 g/mol. The quantitative estimate of drug-likeness (QED) is 0.861. The van der Waals surface area contributed by atoms with E-state index in [1.54, 1.807) is 12.1 Å². The minimum atomic E-state index is -0.539. The Kier molecular flexibility index (Phi) is 4.02. The zero-order valence-corrected chi connectivity index (χ0v) is 11.7. The second-order valence-electron chi connectivity index (χ2n) is 4.04. The van der Waals surface area contributed by atoms with E-state index >= 15 is 0 Å². The van der Waals surface area contributed by atoms with Gasteiger partial charge in [-0.05, 0) is 31.2 Å². The van der Waals surface area contributed by atoms with Gasteiger partial charge in [-0.2, -0.15) is 0 Å². The molecule has 2 nitrogen and oxygen atoms in total. The summed E-state index contributed by atoms with van der Waals surface area (Å²) in [4.78, 5) is 0.230. The fourth-order valence-electron chi connectivity index (χ4n) is 1.59. The summed E-state index contributed by atoms with van der Waals surface area (Å²) in [6.45, 7) is 1.92. The Balaban J connectivity index is 2.37. The van der Waals surface area contributed by atoms with E-state index in [2.05, 4.69) is 0 Å². The van der Waals surface area contributed by atoms with E-state index in [1.807, 2.05) is 19.1 Å². The summed E-state index contributed by atoms with van der Waals surface area (Å²) in [5.74, 6) is 0.284. The Morgan fingerprint density at radius 1 is 1.26 bits per heavy atom. The summed E-state index contributed by atoms with van der Waals surface area (Å²) in [7, 11) is 0. The molecule has 2 rings (SSSR count). The highest BCUT2D eigenvalue weighted by molar-refractivity contribution is 7.80. The van der Waals surface area contributed by atoms with Gasteiger partial charge in [0.15, 0.2) is 0 Å². The van der Waals surface area contributed by atoms with Crippen molar-refractivity contribution in [3.63, 3.8) is 0 Å². The number of aryl methyl sites for hydroxylation is 1. The molecule has 0 bridgehead atoms. The maximum atomic E-state index is 13.3. The maximum Gasteiger partial charge on any atom is 0.145 e. The highest BCUT2D eigenvalue weighted by atomic mass is 35.5. The summed E-state index contributed by atoms with van der Waals surface area (Å²) >= 11 is 10.6. The number of thiocarbonyl (C=S) groups is 1. The van der Waals surface area contributed by atoms with E-state index in [4.69, 9.17) is 34.3 Å². The van der Waals surface area contributed by atoms with Gasteiger partial charge in [-0.15, -0.1) is 0 Å². The molecule has 0 aliphatic carbocycles. The molecular weight excluding hydrogens is 285 g/mol. The number of nitrogens with two attached hydrogens (primary N) is 1. The first-order chi connectivity index (χ1) is 8.97. The van der Waals surface area contributed by atoms with E-state index < -0.39 is 5.82 Å². The number of halogens is 2. The minimum Gasteiger partial charge on any atom is -0.457 e. The second kappa shape index (κ2) is 5.55. The molecule has 0 radical (unpaired) electrons. The third-order valence-corrected chi connectivity index (χ3v) is 3.05. The molecule has 0 unspecified atom stereocenters. The molecule has 0 aliphatic rings.